The number of hydrogen-bond donors (Lipinski definition) is 1. The molecule has 1 saturated heterocycles. The van der Waals surface area contributed by atoms with Crippen LogP contribution in [-0.2, 0) is 4.74 Å². The van der Waals surface area contributed by atoms with Gasteiger partial charge in [-0.25, -0.2) is 0 Å². The molecule has 0 aromatic rings. The van der Waals surface area contributed by atoms with Crippen molar-refractivity contribution >= 4 is 0 Å². The second-order valence-corrected chi connectivity index (χ2v) is 7.32. The summed E-state index contributed by atoms with van der Waals surface area (Å²) in [5.41, 5.74) is 0.575. The molecule has 2 heteroatoms. The molecule has 0 amide bonds. The van der Waals surface area contributed by atoms with Crippen molar-refractivity contribution < 1.29 is 4.74 Å². The Morgan fingerprint density at radius 2 is 1.94 bits per heavy atom. The quantitative estimate of drug-likeness (QED) is 0.827. The Balaban J connectivity index is 2.06. The van der Waals surface area contributed by atoms with Crippen LogP contribution in [0.15, 0.2) is 0 Å². The molecule has 106 valence electrons. The van der Waals surface area contributed by atoms with Crippen molar-refractivity contribution in [3.05, 3.63) is 0 Å². The van der Waals surface area contributed by atoms with Crippen LogP contribution in [-0.4, -0.2) is 24.8 Å². The first-order valence-electron chi connectivity index (χ1n) is 7.85. The molecular weight excluding hydrogens is 222 g/mol. The van der Waals surface area contributed by atoms with Crippen LogP contribution in [0, 0.1) is 11.3 Å². The van der Waals surface area contributed by atoms with Gasteiger partial charge in [0.05, 0.1) is 12.2 Å². The van der Waals surface area contributed by atoms with Crippen LogP contribution < -0.4 is 5.32 Å². The van der Waals surface area contributed by atoms with Crippen LogP contribution in [0.4, 0.5) is 0 Å². The minimum absolute atomic E-state index is 0.150. The third-order valence-corrected chi connectivity index (χ3v) is 5.35. The van der Waals surface area contributed by atoms with Crippen LogP contribution >= 0.6 is 0 Å². The first-order valence-corrected chi connectivity index (χ1v) is 7.85. The highest BCUT2D eigenvalue weighted by atomic mass is 16.5. The number of morpholine rings is 1. The van der Waals surface area contributed by atoms with E-state index >= 15 is 0 Å². The Morgan fingerprint density at radius 3 is 2.56 bits per heavy atom. The van der Waals surface area contributed by atoms with E-state index in [0.717, 1.165) is 19.1 Å². The molecule has 0 bridgehead atoms. The highest BCUT2D eigenvalue weighted by Crippen LogP contribution is 2.42. The van der Waals surface area contributed by atoms with Crippen molar-refractivity contribution in [1.29, 1.82) is 0 Å². The summed E-state index contributed by atoms with van der Waals surface area (Å²) in [7, 11) is 0. The second-order valence-electron chi connectivity index (χ2n) is 7.32. The molecule has 0 radical (unpaired) electrons. The molecular formula is C16H31NO. The predicted molar refractivity (Wildman–Crippen MR) is 76.8 cm³/mol. The molecule has 2 fully saturated rings. The summed E-state index contributed by atoms with van der Waals surface area (Å²) in [5.74, 6) is 0.890. The van der Waals surface area contributed by atoms with E-state index in [1.165, 1.54) is 38.5 Å². The Morgan fingerprint density at radius 1 is 1.28 bits per heavy atom. The van der Waals surface area contributed by atoms with E-state index in [0.29, 0.717) is 11.5 Å². The van der Waals surface area contributed by atoms with E-state index in [4.69, 9.17) is 4.74 Å². The number of nitrogens with one attached hydrogen (secondary N) is 1. The maximum absolute atomic E-state index is 6.30. The first-order chi connectivity index (χ1) is 8.47. The van der Waals surface area contributed by atoms with Gasteiger partial charge in [0.1, 0.15) is 0 Å². The molecule has 0 aromatic heterocycles. The zero-order valence-corrected chi connectivity index (χ0v) is 12.7. The average Bonchev–Trinajstić information content (AvgIpc) is 2.36. The van der Waals surface area contributed by atoms with Gasteiger partial charge in [0.25, 0.3) is 0 Å². The lowest BCUT2D eigenvalue weighted by atomic mass is 9.70. The van der Waals surface area contributed by atoms with Gasteiger partial charge in [-0.2, -0.15) is 0 Å². The Bertz CT molecular complexity index is 266. The highest BCUT2D eigenvalue weighted by Gasteiger charge is 2.45. The molecule has 1 aliphatic carbocycles. The van der Waals surface area contributed by atoms with Gasteiger partial charge < -0.3 is 10.1 Å². The van der Waals surface area contributed by atoms with E-state index in [-0.39, 0.29) is 5.60 Å². The van der Waals surface area contributed by atoms with E-state index in [1.54, 1.807) is 0 Å². The number of ether oxygens (including phenoxy) is 1. The fourth-order valence-electron chi connectivity index (χ4n) is 3.47. The summed E-state index contributed by atoms with van der Waals surface area (Å²) in [6.07, 6.45) is 7.68. The van der Waals surface area contributed by atoms with E-state index < -0.39 is 0 Å². The van der Waals surface area contributed by atoms with Crippen LogP contribution in [0.1, 0.15) is 66.2 Å². The van der Waals surface area contributed by atoms with Crippen molar-refractivity contribution in [2.75, 3.05) is 13.2 Å². The van der Waals surface area contributed by atoms with Gasteiger partial charge in [-0.05, 0) is 43.4 Å². The van der Waals surface area contributed by atoms with Crippen LogP contribution in [0.2, 0.25) is 0 Å². The molecule has 1 spiro atoms. The van der Waals surface area contributed by atoms with Crippen molar-refractivity contribution in [2.24, 2.45) is 11.3 Å². The molecule has 1 N–H and O–H groups in total. The maximum Gasteiger partial charge on any atom is 0.0835 e. The van der Waals surface area contributed by atoms with Crippen molar-refractivity contribution in [3.8, 4) is 0 Å². The molecule has 1 saturated carbocycles. The summed E-state index contributed by atoms with van der Waals surface area (Å²) >= 11 is 0. The number of rotatable bonds is 3. The van der Waals surface area contributed by atoms with Gasteiger partial charge in [0.2, 0.25) is 0 Å². The molecule has 1 heterocycles. The summed E-state index contributed by atoms with van der Waals surface area (Å²) in [4.78, 5) is 0. The standard InChI is InChI=1S/C16H31NO/c1-5-15(3,4)12-14-16(18-11-10-17-14)8-6-13(2)7-9-16/h13-14,17H,5-12H2,1-4H3. The molecule has 1 unspecified atom stereocenters. The van der Waals surface area contributed by atoms with Crippen LogP contribution in [0.5, 0.6) is 0 Å². The summed E-state index contributed by atoms with van der Waals surface area (Å²) < 4.78 is 6.30. The summed E-state index contributed by atoms with van der Waals surface area (Å²) in [6, 6.07) is 0.564. The van der Waals surface area contributed by atoms with E-state index in [9.17, 15) is 0 Å². The lowest BCUT2D eigenvalue weighted by Crippen LogP contribution is -2.60. The third-order valence-electron chi connectivity index (χ3n) is 5.35. The Labute approximate surface area is 113 Å². The van der Waals surface area contributed by atoms with Gasteiger partial charge in [0, 0.05) is 12.6 Å². The molecule has 2 aliphatic rings. The normalized spacial score (nSPS) is 38.0. The van der Waals surface area contributed by atoms with Gasteiger partial charge in [-0.15, -0.1) is 0 Å². The topological polar surface area (TPSA) is 21.3 Å². The third kappa shape index (κ3) is 3.08. The lowest BCUT2D eigenvalue weighted by molar-refractivity contribution is -0.130. The first kappa shape index (κ1) is 14.3. The van der Waals surface area contributed by atoms with Crippen molar-refractivity contribution in [2.45, 2.75) is 77.9 Å². The maximum atomic E-state index is 6.30. The average molecular weight is 253 g/mol. The number of hydrogen-bond acceptors (Lipinski definition) is 2. The van der Waals surface area contributed by atoms with Gasteiger partial charge in [-0.1, -0.05) is 34.1 Å². The fraction of sp³-hybridized carbons (Fsp3) is 1.00. The summed E-state index contributed by atoms with van der Waals surface area (Å²) in [6.45, 7) is 11.4. The van der Waals surface area contributed by atoms with Gasteiger partial charge in [0.15, 0.2) is 0 Å². The predicted octanol–water partition coefficient (Wildman–Crippen LogP) is 3.75. The molecule has 1 atom stereocenters. The zero-order chi connectivity index (χ0) is 13.2. The molecule has 18 heavy (non-hydrogen) atoms. The van der Waals surface area contributed by atoms with Crippen LogP contribution in [0.25, 0.3) is 0 Å². The van der Waals surface area contributed by atoms with Gasteiger partial charge >= 0.3 is 0 Å². The van der Waals surface area contributed by atoms with Gasteiger partial charge in [-0.3, -0.25) is 0 Å². The Kier molecular flexibility index (Phi) is 4.38. The van der Waals surface area contributed by atoms with Crippen LogP contribution in [0.3, 0.4) is 0 Å². The molecule has 1 aliphatic heterocycles. The summed E-state index contributed by atoms with van der Waals surface area (Å²) in [5, 5.41) is 3.76. The zero-order valence-electron chi connectivity index (χ0n) is 12.7. The minimum atomic E-state index is 0.150. The smallest absolute Gasteiger partial charge is 0.0835 e. The van der Waals surface area contributed by atoms with Crippen molar-refractivity contribution in [1.82, 2.24) is 5.32 Å². The lowest BCUT2D eigenvalue weighted by Gasteiger charge is -2.50. The fourth-order valence-corrected chi connectivity index (χ4v) is 3.47. The van der Waals surface area contributed by atoms with E-state index in [2.05, 4.69) is 33.0 Å². The SMILES string of the molecule is CCC(C)(C)CC1NCCOC12CCC(C)CC2. The van der Waals surface area contributed by atoms with E-state index in [1.807, 2.05) is 0 Å². The highest BCUT2D eigenvalue weighted by molar-refractivity contribution is 5.00. The molecule has 0 aromatic carbocycles. The molecule has 2 nitrogen and oxygen atoms in total. The Hall–Kier alpha value is -0.0800. The largest absolute Gasteiger partial charge is 0.372 e. The molecule has 2 rings (SSSR count). The monoisotopic (exact) mass is 253 g/mol. The minimum Gasteiger partial charge on any atom is -0.372 e. The second kappa shape index (κ2) is 5.50. The van der Waals surface area contributed by atoms with Crippen molar-refractivity contribution in [3.63, 3.8) is 0 Å².